The van der Waals surface area contributed by atoms with E-state index in [1.165, 1.54) is 6.07 Å². The number of rotatable bonds is 5. The van der Waals surface area contributed by atoms with Crippen LogP contribution in [0.25, 0.3) is 0 Å². The highest BCUT2D eigenvalue weighted by molar-refractivity contribution is 8.03. The number of nitro groups is 1. The highest BCUT2D eigenvalue weighted by Gasteiger charge is 2.21. The molecule has 11 heteroatoms. The van der Waals surface area contributed by atoms with Crippen molar-refractivity contribution in [2.45, 2.75) is 9.79 Å². The van der Waals surface area contributed by atoms with Crippen LogP contribution in [0, 0.1) is 26.6 Å². The van der Waals surface area contributed by atoms with Crippen LogP contribution in [0.1, 0.15) is 0 Å². The number of nitriles is 1. The number of anilines is 1. The fourth-order valence-corrected chi connectivity index (χ4v) is 3.38. The minimum Gasteiger partial charge on any atom is -0.277 e. The second kappa shape index (κ2) is 7.04. The van der Waals surface area contributed by atoms with E-state index < -0.39 is 31.3 Å². The number of thiocyanates is 1. The number of nitrogens with zero attached hydrogens (tertiary/aromatic N) is 2. The molecule has 124 valence electrons. The van der Waals surface area contributed by atoms with Crippen molar-refractivity contribution in [1.29, 1.82) is 5.26 Å². The third kappa shape index (κ3) is 3.94. The standard InChI is InChI=1S/C13H7ClFN3O4S2/c14-10-3-2-9(6-13(10)18(19)20)24(21,22)17-12-4-1-8(23-7-16)5-11(12)15/h1-6,17H. The lowest BCUT2D eigenvalue weighted by Crippen LogP contribution is -2.14. The molecule has 2 aromatic rings. The molecular weight excluding hydrogens is 381 g/mol. The number of halogens is 2. The fourth-order valence-electron chi connectivity index (χ4n) is 1.70. The molecule has 7 nitrogen and oxygen atoms in total. The number of nitrogens with one attached hydrogen (secondary N) is 1. The molecule has 0 aliphatic rings. The van der Waals surface area contributed by atoms with Gasteiger partial charge in [0.2, 0.25) is 0 Å². The van der Waals surface area contributed by atoms with Gasteiger partial charge in [-0.1, -0.05) is 11.6 Å². The molecule has 0 aliphatic heterocycles. The summed E-state index contributed by atoms with van der Waals surface area (Å²) >= 11 is 6.35. The third-order valence-electron chi connectivity index (χ3n) is 2.77. The van der Waals surface area contributed by atoms with E-state index in [9.17, 15) is 22.9 Å². The lowest BCUT2D eigenvalue weighted by Gasteiger charge is -2.09. The van der Waals surface area contributed by atoms with Gasteiger partial charge in [0.25, 0.3) is 15.7 Å². The highest BCUT2D eigenvalue weighted by Crippen LogP contribution is 2.29. The van der Waals surface area contributed by atoms with Gasteiger partial charge in [-0.05, 0) is 42.1 Å². The molecule has 0 unspecified atom stereocenters. The lowest BCUT2D eigenvalue weighted by atomic mass is 10.3. The van der Waals surface area contributed by atoms with Crippen molar-refractivity contribution in [3.8, 4) is 5.40 Å². The molecular formula is C13H7ClFN3O4S2. The maximum atomic E-state index is 13.9. The summed E-state index contributed by atoms with van der Waals surface area (Å²) in [5.74, 6) is -0.887. The highest BCUT2D eigenvalue weighted by atomic mass is 35.5. The first-order valence-electron chi connectivity index (χ1n) is 6.07. The van der Waals surface area contributed by atoms with E-state index in [0.29, 0.717) is 4.90 Å². The molecule has 0 aliphatic carbocycles. The van der Waals surface area contributed by atoms with Crippen LogP contribution in [0.15, 0.2) is 46.2 Å². The molecule has 0 amide bonds. The number of sulfonamides is 1. The van der Waals surface area contributed by atoms with Crippen molar-refractivity contribution in [1.82, 2.24) is 0 Å². The van der Waals surface area contributed by atoms with Gasteiger partial charge in [0.15, 0.2) is 0 Å². The van der Waals surface area contributed by atoms with Crippen LogP contribution < -0.4 is 4.72 Å². The van der Waals surface area contributed by atoms with Crippen molar-refractivity contribution in [2.24, 2.45) is 0 Å². The normalized spacial score (nSPS) is 10.9. The average molecular weight is 388 g/mol. The second-order valence-electron chi connectivity index (χ2n) is 4.31. The molecule has 0 aromatic heterocycles. The number of thioether (sulfide) groups is 1. The Labute approximate surface area is 145 Å². The number of nitro benzene ring substituents is 1. The van der Waals surface area contributed by atoms with Gasteiger partial charge in [0.1, 0.15) is 16.2 Å². The third-order valence-corrected chi connectivity index (χ3v) is 5.04. The van der Waals surface area contributed by atoms with E-state index in [-0.39, 0.29) is 10.7 Å². The number of benzene rings is 2. The molecule has 0 heterocycles. The van der Waals surface area contributed by atoms with Gasteiger partial charge in [-0.3, -0.25) is 14.8 Å². The zero-order valence-corrected chi connectivity index (χ0v) is 14.0. The molecule has 0 bridgehead atoms. The zero-order chi connectivity index (χ0) is 17.9. The summed E-state index contributed by atoms with van der Waals surface area (Å²) in [5, 5.41) is 20.9. The van der Waals surface area contributed by atoms with Crippen LogP contribution in [-0.2, 0) is 10.0 Å². The summed E-state index contributed by atoms with van der Waals surface area (Å²) in [4.78, 5) is 9.88. The van der Waals surface area contributed by atoms with Crippen molar-refractivity contribution >= 4 is 44.8 Å². The van der Waals surface area contributed by atoms with Crippen LogP contribution in [0.2, 0.25) is 5.02 Å². The van der Waals surface area contributed by atoms with Gasteiger partial charge in [-0.15, -0.1) is 0 Å². The smallest absolute Gasteiger partial charge is 0.277 e. The van der Waals surface area contributed by atoms with Gasteiger partial charge in [-0.2, -0.15) is 5.26 Å². The van der Waals surface area contributed by atoms with Crippen LogP contribution in [-0.4, -0.2) is 13.3 Å². The van der Waals surface area contributed by atoms with Gasteiger partial charge >= 0.3 is 0 Å². The van der Waals surface area contributed by atoms with E-state index in [0.717, 1.165) is 42.1 Å². The average Bonchev–Trinajstić information content (AvgIpc) is 2.50. The Balaban J connectivity index is 2.37. The van der Waals surface area contributed by atoms with Crippen LogP contribution in [0.3, 0.4) is 0 Å². The van der Waals surface area contributed by atoms with Crippen LogP contribution >= 0.6 is 23.4 Å². The monoisotopic (exact) mass is 387 g/mol. The maximum absolute atomic E-state index is 13.9. The summed E-state index contributed by atoms with van der Waals surface area (Å²) in [7, 11) is -4.26. The summed E-state index contributed by atoms with van der Waals surface area (Å²) in [5.41, 5.74) is -0.935. The SMILES string of the molecule is N#CSc1ccc(NS(=O)(=O)c2ccc(Cl)c([N+](=O)[O-])c2)c(F)c1. The van der Waals surface area contributed by atoms with Crippen molar-refractivity contribution in [3.63, 3.8) is 0 Å². The van der Waals surface area contributed by atoms with E-state index in [1.807, 2.05) is 4.72 Å². The molecule has 1 N–H and O–H groups in total. The summed E-state index contributed by atoms with van der Waals surface area (Å²) in [6, 6.07) is 6.42. The molecule has 0 radical (unpaired) electrons. The molecule has 0 fully saturated rings. The van der Waals surface area contributed by atoms with E-state index in [4.69, 9.17) is 16.9 Å². The predicted octanol–water partition coefficient (Wildman–Crippen LogP) is 3.76. The Morgan fingerprint density at radius 2 is 2.00 bits per heavy atom. The van der Waals surface area contributed by atoms with Crippen molar-refractivity contribution < 1.29 is 17.7 Å². The van der Waals surface area contributed by atoms with E-state index in [2.05, 4.69) is 0 Å². The quantitative estimate of drug-likeness (QED) is 0.361. The predicted molar refractivity (Wildman–Crippen MR) is 86.8 cm³/mol. The fraction of sp³-hybridized carbons (Fsp3) is 0. The Morgan fingerprint density at radius 3 is 2.58 bits per heavy atom. The van der Waals surface area contributed by atoms with E-state index in [1.54, 1.807) is 5.40 Å². The summed E-state index contributed by atoms with van der Waals surface area (Å²) < 4.78 is 40.4. The second-order valence-corrected chi connectivity index (χ2v) is 7.26. The maximum Gasteiger partial charge on any atom is 0.289 e. The van der Waals surface area contributed by atoms with Gasteiger partial charge < -0.3 is 0 Å². The Hall–Kier alpha value is -2.35. The Bertz CT molecular complexity index is 960. The summed E-state index contributed by atoms with van der Waals surface area (Å²) in [6.45, 7) is 0. The minimum absolute atomic E-state index is 0.219. The number of hydrogen-bond acceptors (Lipinski definition) is 6. The first-order valence-corrected chi connectivity index (χ1v) is 8.74. The van der Waals surface area contributed by atoms with Crippen LogP contribution in [0.4, 0.5) is 15.8 Å². The van der Waals surface area contributed by atoms with Crippen molar-refractivity contribution in [2.75, 3.05) is 4.72 Å². The molecule has 0 saturated heterocycles. The molecule has 2 rings (SSSR count). The zero-order valence-electron chi connectivity index (χ0n) is 11.6. The Kier molecular flexibility index (Phi) is 5.28. The largest absolute Gasteiger partial charge is 0.289 e. The first-order chi connectivity index (χ1) is 11.2. The molecule has 0 spiro atoms. The molecule has 0 atom stereocenters. The topological polar surface area (TPSA) is 113 Å². The minimum atomic E-state index is -4.26. The first kappa shape index (κ1) is 18.0. The van der Waals surface area contributed by atoms with E-state index >= 15 is 0 Å². The van der Waals surface area contributed by atoms with Crippen molar-refractivity contribution in [3.05, 3.63) is 57.4 Å². The van der Waals surface area contributed by atoms with Gasteiger partial charge in [-0.25, -0.2) is 12.8 Å². The lowest BCUT2D eigenvalue weighted by molar-refractivity contribution is -0.384. The molecule has 24 heavy (non-hydrogen) atoms. The Morgan fingerprint density at radius 1 is 1.29 bits per heavy atom. The molecule has 2 aromatic carbocycles. The summed E-state index contributed by atoms with van der Waals surface area (Å²) in [6.07, 6.45) is 0. The molecule has 0 saturated carbocycles. The number of hydrogen-bond donors (Lipinski definition) is 1. The van der Waals surface area contributed by atoms with Gasteiger partial charge in [0.05, 0.1) is 15.5 Å². The van der Waals surface area contributed by atoms with Gasteiger partial charge in [0, 0.05) is 11.0 Å². The van der Waals surface area contributed by atoms with Crippen LogP contribution in [0.5, 0.6) is 0 Å².